The number of benzene rings is 2. The standard InChI is InChI=1S/C24H23BrFN5OS2/c1-13(2)31-22-20(11-27-24(29-22)33-4)28-21(23(31)32)15-7-8-19(18(26)10-15)30-34-12-16-6-5-14(3)9-17(16)25/h5-11,13,30H,12H2,1-4H3. The average molecular weight is 561 g/mol. The van der Waals surface area contributed by atoms with Crippen LogP contribution in [0.15, 0.2) is 57.0 Å². The smallest absolute Gasteiger partial charge is 0.278 e. The minimum Gasteiger partial charge on any atom is -0.327 e. The Hall–Kier alpha value is -2.43. The molecule has 2 aromatic carbocycles. The number of aromatic nitrogens is 4. The number of aryl methyl sites for hydroxylation is 1. The lowest BCUT2D eigenvalue weighted by Crippen LogP contribution is -2.26. The van der Waals surface area contributed by atoms with Crippen molar-refractivity contribution in [2.24, 2.45) is 0 Å². The summed E-state index contributed by atoms with van der Waals surface area (Å²) >= 11 is 6.35. The topological polar surface area (TPSA) is 72.7 Å². The molecule has 4 rings (SSSR count). The first-order chi connectivity index (χ1) is 16.3. The van der Waals surface area contributed by atoms with Gasteiger partial charge in [0.25, 0.3) is 5.56 Å². The van der Waals surface area contributed by atoms with Gasteiger partial charge in [0.2, 0.25) is 0 Å². The van der Waals surface area contributed by atoms with Gasteiger partial charge >= 0.3 is 0 Å². The first-order valence-electron chi connectivity index (χ1n) is 10.5. The van der Waals surface area contributed by atoms with E-state index in [1.54, 1.807) is 22.9 Å². The van der Waals surface area contributed by atoms with E-state index in [1.165, 1.54) is 35.3 Å². The number of nitrogens with zero attached hydrogens (tertiary/aromatic N) is 4. The van der Waals surface area contributed by atoms with Crippen LogP contribution in [0.1, 0.15) is 31.0 Å². The van der Waals surface area contributed by atoms with Crippen LogP contribution >= 0.6 is 39.6 Å². The lowest BCUT2D eigenvalue weighted by Gasteiger charge is -2.15. The maximum Gasteiger partial charge on any atom is 0.278 e. The van der Waals surface area contributed by atoms with Gasteiger partial charge in [0, 0.05) is 21.8 Å². The lowest BCUT2D eigenvalue weighted by atomic mass is 10.1. The van der Waals surface area contributed by atoms with Gasteiger partial charge in [-0.25, -0.2) is 19.3 Å². The summed E-state index contributed by atoms with van der Waals surface area (Å²) in [6, 6.07) is 10.7. The van der Waals surface area contributed by atoms with Gasteiger partial charge in [0.05, 0.1) is 11.9 Å². The highest BCUT2D eigenvalue weighted by Crippen LogP contribution is 2.28. The fourth-order valence-electron chi connectivity index (χ4n) is 3.46. The molecule has 4 aromatic rings. The first kappa shape index (κ1) is 24.7. The van der Waals surface area contributed by atoms with Crippen molar-refractivity contribution in [1.29, 1.82) is 0 Å². The Bertz CT molecular complexity index is 1430. The van der Waals surface area contributed by atoms with Crippen molar-refractivity contribution in [3.05, 3.63) is 74.4 Å². The van der Waals surface area contributed by atoms with Gasteiger partial charge in [-0.15, -0.1) is 0 Å². The molecular weight excluding hydrogens is 537 g/mol. The average Bonchev–Trinajstić information content (AvgIpc) is 2.80. The van der Waals surface area contributed by atoms with Crippen molar-refractivity contribution in [2.45, 2.75) is 37.7 Å². The number of anilines is 1. The Morgan fingerprint density at radius 2 is 1.97 bits per heavy atom. The van der Waals surface area contributed by atoms with Crippen LogP contribution in [0.4, 0.5) is 10.1 Å². The zero-order chi connectivity index (χ0) is 24.4. The van der Waals surface area contributed by atoms with E-state index >= 15 is 0 Å². The van der Waals surface area contributed by atoms with E-state index < -0.39 is 5.82 Å². The van der Waals surface area contributed by atoms with E-state index in [4.69, 9.17) is 0 Å². The molecule has 2 heterocycles. The number of rotatable bonds is 7. The van der Waals surface area contributed by atoms with E-state index in [0.29, 0.717) is 33.3 Å². The summed E-state index contributed by atoms with van der Waals surface area (Å²) in [5.41, 5.74) is 3.85. The van der Waals surface area contributed by atoms with Crippen molar-refractivity contribution in [3.63, 3.8) is 0 Å². The van der Waals surface area contributed by atoms with E-state index in [9.17, 15) is 9.18 Å². The van der Waals surface area contributed by atoms with Crippen LogP contribution < -0.4 is 10.3 Å². The number of nitrogens with one attached hydrogen (secondary N) is 1. The molecule has 0 atom stereocenters. The molecule has 10 heteroatoms. The maximum atomic E-state index is 14.9. The summed E-state index contributed by atoms with van der Waals surface area (Å²) < 4.78 is 20.6. The molecular formula is C24H23BrFN5OS2. The summed E-state index contributed by atoms with van der Waals surface area (Å²) in [4.78, 5) is 26.5. The number of hydrogen-bond donors (Lipinski definition) is 1. The number of halogens is 2. The molecule has 0 spiro atoms. The van der Waals surface area contributed by atoms with Crippen molar-refractivity contribution in [1.82, 2.24) is 19.5 Å². The largest absolute Gasteiger partial charge is 0.327 e. The maximum absolute atomic E-state index is 14.9. The van der Waals surface area contributed by atoms with Gasteiger partial charge in [0.15, 0.2) is 10.8 Å². The number of hydrogen-bond acceptors (Lipinski definition) is 7. The van der Waals surface area contributed by atoms with Gasteiger partial charge in [-0.2, -0.15) is 0 Å². The Labute approximate surface area is 214 Å². The predicted octanol–water partition coefficient (Wildman–Crippen LogP) is 6.63. The number of thioether (sulfide) groups is 1. The van der Waals surface area contributed by atoms with Gasteiger partial charge in [-0.3, -0.25) is 9.36 Å². The summed E-state index contributed by atoms with van der Waals surface area (Å²) in [5, 5.41) is 0.562. The minimum absolute atomic E-state index is 0.148. The van der Waals surface area contributed by atoms with E-state index in [1.807, 2.05) is 39.2 Å². The molecule has 0 amide bonds. The highest BCUT2D eigenvalue weighted by Gasteiger charge is 2.18. The van der Waals surface area contributed by atoms with Crippen LogP contribution in [0.25, 0.3) is 22.4 Å². The summed E-state index contributed by atoms with van der Waals surface area (Å²) in [7, 11) is 0. The van der Waals surface area contributed by atoms with Crippen LogP contribution in [0.5, 0.6) is 0 Å². The predicted molar refractivity (Wildman–Crippen MR) is 143 cm³/mol. The highest BCUT2D eigenvalue weighted by atomic mass is 79.9. The zero-order valence-electron chi connectivity index (χ0n) is 19.1. The van der Waals surface area contributed by atoms with Crippen LogP contribution in [-0.2, 0) is 5.75 Å². The molecule has 2 aromatic heterocycles. The second kappa shape index (κ2) is 10.5. The fourth-order valence-corrected chi connectivity index (χ4v) is 5.41. The van der Waals surface area contributed by atoms with Crippen LogP contribution in [0.2, 0.25) is 0 Å². The third-order valence-corrected chi connectivity index (χ3v) is 7.29. The molecule has 0 aliphatic rings. The fraction of sp³-hybridized carbons (Fsp3) is 0.250. The summed E-state index contributed by atoms with van der Waals surface area (Å²) in [5.74, 6) is 0.199. The molecule has 0 saturated carbocycles. The molecule has 176 valence electrons. The van der Waals surface area contributed by atoms with Crippen molar-refractivity contribution in [2.75, 3.05) is 11.0 Å². The quantitative estimate of drug-likeness (QED) is 0.155. The van der Waals surface area contributed by atoms with Gasteiger partial charge in [-0.05, 0) is 68.3 Å². The van der Waals surface area contributed by atoms with Crippen molar-refractivity contribution < 1.29 is 4.39 Å². The Kier molecular flexibility index (Phi) is 7.59. The Morgan fingerprint density at radius 3 is 2.65 bits per heavy atom. The molecule has 0 bridgehead atoms. The molecule has 0 fully saturated rings. The normalized spacial score (nSPS) is 11.4. The number of fused-ring (bicyclic) bond motifs is 1. The molecule has 1 N–H and O–H groups in total. The van der Waals surface area contributed by atoms with Crippen molar-refractivity contribution in [3.8, 4) is 11.3 Å². The van der Waals surface area contributed by atoms with Crippen LogP contribution in [0.3, 0.4) is 0 Å². The molecule has 0 radical (unpaired) electrons. The molecule has 0 saturated heterocycles. The van der Waals surface area contributed by atoms with Crippen LogP contribution in [0, 0.1) is 12.7 Å². The second-order valence-electron chi connectivity index (χ2n) is 7.98. The monoisotopic (exact) mass is 559 g/mol. The Balaban J connectivity index is 1.62. The third kappa shape index (κ3) is 5.13. The zero-order valence-corrected chi connectivity index (χ0v) is 22.3. The van der Waals surface area contributed by atoms with Crippen molar-refractivity contribution >= 4 is 56.5 Å². The van der Waals surface area contributed by atoms with E-state index in [0.717, 1.165) is 10.0 Å². The molecule has 6 nitrogen and oxygen atoms in total. The summed E-state index contributed by atoms with van der Waals surface area (Å²) in [6.45, 7) is 5.84. The lowest BCUT2D eigenvalue weighted by molar-refractivity contribution is 0.590. The van der Waals surface area contributed by atoms with Gasteiger partial charge in [0.1, 0.15) is 17.0 Å². The highest BCUT2D eigenvalue weighted by molar-refractivity contribution is 9.10. The molecule has 0 aliphatic heterocycles. The molecule has 0 unspecified atom stereocenters. The first-order valence-corrected chi connectivity index (χ1v) is 13.5. The van der Waals surface area contributed by atoms with Crippen LogP contribution in [-0.4, -0.2) is 25.8 Å². The van der Waals surface area contributed by atoms with E-state index in [2.05, 4.69) is 41.7 Å². The van der Waals surface area contributed by atoms with Gasteiger partial charge < -0.3 is 4.72 Å². The second-order valence-corrected chi connectivity index (χ2v) is 10.4. The minimum atomic E-state index is -0.459. The summed E-state index contributed by atoms with van der Waals surface area (Å²) in [6.07, 6.45) is 3.47. The SMILES string of the molecule is CSc1ncc2nc(-c3ccc(NSCc4ccc(C)cc4Br)c(F)c3)c(=O)n(C(C)C)c2n1. The van der Waals surface area contributed by atoms with Gasteiger partial charge in [-0.1, -0.05) is 45.9 Å². The Morgan fingerprint density at radius 1 is 1.18 bits per heavy atom. The third-order valence-electron chi connectivity index (χ3n) is 5.17. The molecule has 34 heavy (non-hydrogen) atoms. The van der Waals surface area contributed by atoms with E-state index in [-0.39, 0.29) is 17.3 Å². The molecule has 0 aliphatic carbocycles.